The van der Waals surface area contributed by atoms with Crippen molar-refractivity contribution in [2.24, 2.45) is 0 Å². The van der Waals surface area contributed by atoms with E-state index in [0.717, 1.165) is 31.5 Å². The number of rotatable bonds is 4. The van der Waals surface area contributed by atoms with E-state index in [1.807, 2.05) is 30.0 Å². The molecule has 22 heavy (non-hydrogen) atoms. The van der Waals surface area contributed by atoms with E-state index < -0.39 is 18.1 Å². The zero-order valence-electron chi connectivity index (χ0n) is 12.8. The van der Waals surface area contributed by atoms with Crippen LogP contribution in [0, 0.1) is 0 Å². The number of carbonyl (C=O) groups is 2. The van der Waals surface area contributed by atoms with Crippen molar-refractivity contribution in [2.45, 2.75) is 44.7 Å². The Morgan fingerprint density at radius 1 is 1.36 bits per heavy atom. The number of hydrogen-bond acceptors (Lipinski definition) is 4. The van der Waals surface area contributed by atoms with Gasteiger partial charge in [0.1, 0.15) is 6.04 Å². The number of carboxylic acids is 1. The molecule has 1 aromatic carbocycles. The molecule has 1 fully saturated rings. The van der Waals surface area contributed by atoms with Gasteiger partial charge < -0.3 is 10.4 Å². The number of aryl methyl sites for hydroxylation is 1. The average molecular weight is 302 g/mol. The highest BCUT2D eigenvalue weighted by Crippen LogP contribution is 2.26. The lowest BCUT2D eigenvalue weighted by Crippen LogP contribution is -2.45. The van der Waals surface area contributed by atoms with Gasteiger partial charge >= 0.3 is 5.97 Å². The van der Waals surface area contributed by atoms with Crippen molar-refractivity contribution in [1.29, 1.82) is 0 Å². The number of anilines is 1. The molecule has 5 nitrogen and oxygen atoms in total. The normalized spacial score (nSPS) is 22.7. The van der Waals surface area contributed by atoms with Crippen LogP contribution in [0.2, 0.25) is 0 Å². The molecule has 2 atom stereocenters. The number of fused-ring (bicyclic) bond motifs is 1. The number of nitrogens with one attached hydrogen (secondary N) is 1. The van der Waals surface area contributed by atoms with Crippen molar-refractivity contribution in [2.75, 3.05) is 18.4 Å². The standard InChI is InChI=1S/C17H22N2O3/c1-11(19-9-3-5-15(19)17(21)22)16(20)13-6-7-14-12(10-13)4-2-8-18-14/h6-7,10-11,15,18H,2-5,8-9H2,1H3,(H,21,22). The molecule has 0 radical (unpaired) electrons. The summed E-state index contributed by atoms with van der Waals surface area (Å²) in [5.74, 6) is -0.812. The number of carbonyl (C=O) groups excluding carboxylic acids is 1. The van der Waals surface area contributed by atoms with E-state index in [1.54, 1.807) is 0 Å². The van der Waals surface area contributed by atoms with E-state index in [4.69, 9.17) is 0 Å². The van der Waals surface area contributed by atoms with Gasteiger partial charge in [-0.25, -0.2) is 0 Å². The number of ketones is 1. The fourth-order valence-corrected chi connectivity index (χ4v) is 3.54. The van der Waals surface area contributed by atoms with Gasteiger partial charge in [-0.3, -0.25) is 14.5 Å². The van der Waals surface area contributed by atoms with Crippen molar-refractivity contribution < 1.29 is 14.7 Å². The largest absolute Gasteiger partial charge is 0.480 e. The van der Waals surface area contributed by atoms with Crippen LogP contribution in [0.3, 0.4) is 0 Å². The maximum atomic E-state index is 12.7. The molecule has 2 heterocycles. The third-order valence-electron chi connectivity index (χ3n) is 4.78. The molecule has 2 N–H and O–H groups in total. The van der Waals surface area contributed by atoms with Crippen molar-refractivity contribution >= 4 is 17.4 Å². The summed E-state index contributed by atoms with van der Waals surface area (Å²) in [6.07, 6.45) is 3.52. The number of hydrogen-bond donors (Lipinski definition) is 2. The van der Waals surface area contributed by atoms with E-state index in [9.17, 15) is 14.7 Å². The van der Waals surface area contributed by atoms with Gasteiger partial charge in [-0.05, 0) is 62.9 Å². The van der Waals surface area contributed by atoms with Gasteiger partial charge in [0.2, 0.25) is 0 Å². The molecule has 2 unspecified atom stereocenters. The van der Waals surface area contributed by atoms with Gasteiger partial charge in [-0.1, -0.05) is 0 Å². The highest BCUT2D eigenvalue weighted by Gasteiger charge is 2.36. The first kappa shape index (κ1) is 15.0. The molecule has 5 heteroatoms. The molecule has 0 aromatic heterocycles. The van der Waals surface area contributed by atoms with Gasteiger partial charge in [0.25, 0.3) is 0 Å². The summed E-state index contributed by atoms with van der Waals surface area (Å²) in [5.41, 5.74) is 2.98. The second kappa shape index (κ2) is 6.08. The Balaban J connectivity index is 1.79. The Morgan fingerprint density at radius 2 is 2.18 bits per heavy atom. The van der Waals surface area contributed by atoms with Gasteiger partial charge in [0.05, 0.1) is 6.04 Å². The van der Waals surface area contributed by atoms with Crippen LogP contribution < -0.4 is 5.32 Å². The molecule has 1 aromatic rings. The lowest BCUT2D eigenvalue weighted by Gasteiger charge is -2.27. The molecule has 2 aliphatic rings. The van der Waals surface area contributed by atoms with E-state index in [2.05, 4.69) is 5.32 Å². The number of aliphatic carboxylic acids is 1. The molecule has 3 rings (SSSR count). The highest BCUT2D eigenvalue weighted by molar-refractivity contribution is 6.00. The first-order valence-electron chi connectivity index (χ1n) is 7.97. The maximum Gasteiger partial charge on any atom is 0.320 e. The van der Waals surface area contributed by atoms with Gasteiger partial charge in [-0.2, -0.15) is 0 Å². The zero-order chi connectivity index (χ0) is 15.7. The Labute approximate surface area is 130 Å². The third kappa shape index (κ3) is 2.73. The zero-order valence-corrected chi connectivity index (χ0v) is 12.8. The number of benzene rings is 1. The molecular weight excluding hydrogens is 280 g/mol. The third-order valence-corrected chi connectivity index (χ3v) is 4.78. The Kier molecular flexibility index (Phi) is 4.16. The molecule has 2 aliphatic heterocycles. The van der Waals surface area contributed by atoms with Crippen LogP contribution >= 0.6 is 0 Å². The molecule has 1 saturated heterocycles. The van der Waals surface area contributed by atoms with E-state index in [-0.39, 0.29) is 5.78 Å². The van der Waals surface area contributed by atoms with Crippen LogP contribution in [-0.2, 0) is 11.2 Å². The highest BCUT2D eigenvalue weighted by atomic mass is 16.4. The first-order valence-corrected chi connectivity index (χ1v) is 7.97. The quantitative estimate of drug-likeness (QED) is 0.834. The minimum atomic E-state index is -0.827. The van der Waals surface area contributed by atoms with Crippen LogP contribution in [0.5, 0.6) is 0 Å². The second-order valence-electron chi connectivity index (χ2n) is 6.18. The summed E-state index contributed by atoms with van der Waals surface area (Å²) >= 11 is 0. The van der Waals surface area contributed by atoms with Crippen LogP contribution in [-0.4, -0.2) is 46.9 Å². The molecule has 0 amide bonds. The van der Waals surface area contributed by atoms with Gasteiger partial charge in [0, 0.05) is 17.8 Å². The van der Waals surface area contributed by atoms with Crippen molar-refractivity contribution in [3.8, 4) is 0 Å². The molecule has 118 valence electrons. The van der Waals surface area contributed by atoms with Crippen LogP contribution in [0.4, 0.5) is 5.69 Å². The lowest BCUT2D eigenvalue weighted by molar-refractivity contribution is -0.142. The summed E-state index contributed by atoms with van der Waals surface area (Å²) in [6, 6.07) is 4.86. The SMILES string of the molecule is CC(C(=O)c1ccc2c(c1)CCCN2)N1CCCC1C(=O)O. The van der Waals surface area contributed by atoms with Gasteiger partial charge in [0.15, 0.2) is 5.78 Å². The van der Waals surface area contributed by atoms with Crippen LogP contribution in [0.15, 0.2) is 18.2 Å². The average Bonchev–Trinajstić information content (AvgIpc) is 3.03. The van der Waals surface area contributed by atoms with Crippen molar-refractivity contribution in [3.05, 3.63) is 29.3 Å². The Hall–Kier alpha value is -1.88. The minimum Gasteiger partial charge on any atom is -0.480 e. The fourth-order valence-electron chi connectivity index (χ4n) is 3.54. The first-order chi connectivity index (χ1) is 10.6. The Morgan fingerprint density at radius 3 is 2.95 bits per heavy atom. The van der Waals surface area contributed by atoms with Gasteiger partial charge in [-0.15, -0.1) is 0 Å². The summed E-state index contributed by atoms with van der Waals surface area (Å²) in [5, 5.41) is 12.6. The number of nitrogens with zero attached hydrogens (tertiary/aromatic N) is 1. The second-order valence-corrected chi connectivity index (χ2v) is 6.18. The van der Waals surface area contributed by atoms with Crippen LogP contribution in [0.25, 0.3) is 0 Å². The van der Waals surface area contributed by atoms with Crippen molar-refractivity contribution in [3.63, 3.8) is 0 Å². The lowest BCUT2D eigenvalue weighted by atomic mass is 9.96. The fraction of sp³-hybridized carbons (Fsp3) is 0.529. The molecule has 0 bridgehead atoms. The van der Waals surface area contributed by atoms with Crippen LogP contribution in [0.1, 0.15) is 42.1 Å². The predicted octanol–water partition coefficient (Wildman–Crippen LogP) is 2.16. The monoisotopic (exact) mass is 302 g/mol. The number of carboxylic acid groups (broad SMARTS) is 1. The number of Topliss-reactive ketones (excluding diaryl/α,β-unsaturated/α-hetero) is 1. The summed E-state index contributed by atoms with van der Waals surface area (Å²) in [7, 11) is 0. The molecule has 0 saturated carbocycles. The van der Waals surface area contributed by atoms with E-state index >= 15 is 0 Å². The minimum absolute atomic E-state index is 0.0153. The Bertz CT molecular complexity index is 600. The summed E-state index contributed by atoms with van der Waals surface area (Å²) in [4.78, 5) is 25.9. The molecule has 0 aliphatic carbocycles. The summed E-state index contributed by atoms with van der Waals surface area (Å²) < 4.78 is 0. The topological polar surface area (TPSA) is 69.6 Å². The molecular formula is C17H22N2O3. The number of likely N-dealkylation sites (tertiary alicyclic amines) is 1. The maximum absolute atomic E-state index is 12.7. The van der Waals surface area contributed by atoms with Crippen molar-refractivity contribution in [1.82, 2.24) is 4.90 Å². The van der Waals surface area contributed by atoms with E-state index in [1.165, 1.54) is 5.56 Å². The smallest absolute Gasteiger partial charge is 0.320 e. The predicted molar refractivity (Wildman–Crippen MR) is 84.4 cm³/mol. The van der Waals surface area contributed by atoms with E-state index in [0.29, 0.717) is 18.5 Å². The molecule has 0 spiro atoms. The summed E-state index contributed by atoms with van der Waals surface area (Å²) in [6.45, 7) is 3.47.